The van der Waals surface area contributed by atoms with Crippen molar-refractivity contribution in [2.75, 3.05) is 20.2 Å². The standard InChI is InChI=1S/C15H24N2O3/c1-3-4-5-11-6-7-14(20-2)12(8-11)13(18)10-17-15(19)9-16/h6-8,13,18H,3-5,9-10,16H2,1-2H3,(H,17,19). The van der Waals surface area contributed by atoms with Gasteiger partial charge in [0.15, 0.2) is 0 Å². The van der Waals surface area contributed by atoms with E-state index in [1.807, 2.05) is 18.2 Å². The number of hydrogen-bond donors (Lipinski definition) is 3. The molecule has 0 aliphatic carbocycles. The summed E-state index contributed by atoms with van der Waals surface area (Å²) in [7, 11) is 1.57. The number of hydrogen-bond acceptors (Lipinski definition) is 4. The van der Waals surface area contributed by atoms with Crippen LogP contribution in [0.1, 0.15) is 37.0 Å². The molecular formula is C15H24N2O3. The summed E-state index contributed by atoms with van der Waals surface area (Å²) in [4.78, 5) is 11.1. The van der Waals surface area contributed by atoms with E-state index in [4.69, 9.17) is 10.5 Å². The molecule has 20 heavy (non-hydrogen) atoms. The van der Waals surface area contributed by atoms with Gasteiger partial charge < -0.3 is 20.9 Å². The first kappa shape index (κ1) is 16.5. The molecule has 1 atom stereocenters. The van der Waals surface area contributed by atoms with E-state index in [0.29, 0.717) is 11.3 Å². The highest BCUT2D eigenvalue weighted by molar-refractivity contribution is 5.77. The first-order valence-electron chi connectivity index (χ1n) is 6.94. The van der Waals surface area contributed by atoms with Crippen molar-refractivity contribution in [1.29, 1.82) is 0 Å². The van der Waals surface area contributed by atoms with Crippen molar-refractivity contribution in [3.05, 3.63) is 29.3 Å². The highest BCUT2D eigenvalue weighted by Crippen LogP contribution is 2.26. The van der Waals surface area contributed by atoms with Crippen molar-refractivity contribution in [2.24, 2.45) is 5.73 Å². The molecule has 112 valence electrons. The van der Waals surface area contributed by atoms with Crippen LogP contribution < -0.4 is 15.8 Å². The highest BCUT2D eigenvalue weighted by Gasteiger charge is 2.14. The summed E-state index contributed by atoms with van der Waals surface area (Å²) in [6.07, 6.45) is 2.39. The van der Waals surface area contributed by atoms with Crippen LogP contribution in [0.15, 0.2) is 18.2 Å². The molecular weight excluding hydrogens is 256 g/mol. The highest BCUT2D eigenvalue weighted by atomic mass is 16.5. The molecule has 0 radical (unpaired) electrons. The van der Waals surface area contributed by atoms with Crippen molar-refractivity contribution in [3.8, 4) is 5.75 Å². The van der Waals surface area contributed by atoms with Gasteiger partial charge in [0.05, 0.1) is 19.8 Å². The molecule has 0 spiro atoms. The van der Waals surface area contributed by atoms with E-state index in [1.165, 1.54) is 0 Å². The van der Waals surface area contributed by atoms with Crippen molar-refractivity contribution < 1.29 is 14.6 Å². The number of aryl methyl sites for hydroxylation is 1. The summed E-state index contributed by atoms with van der Waals surface area (Å²) < 4.78 is 5.26. The Morgan fingerprint density at radius 1 is 1.50 bits per heavy atom. The zero-order chi connectivity index (χ0) is 15.0. The lowest BCUT2D eigenvalue weighted by Crippen LogP contribution is -2.33. The first-order valence-corrected chi connectivity index (χ1v) is 6.94. The Hall–Kier alpha value is -1.59. The maximum absolute atomic E-state index is 11.1. The van der Waals surface area contributed by atoms with Gasteiger partial charge in [-0.2, -0.15) is 0 Å². The van der Waals surface area contributed by atoms with Crippen molar-refractivity contribution >= 4 is 5.91 Å². The number of aliphatic hydroxyl groups is 1. The maximum Gasteiger partial charge on any atom is 0.233 e. The molecule has 1 aromatic rings. The predicted octanol–water partition coefficient (Wildman–Crippen LogP) is 1.15. The number of rotatable bonds is 8. The molecule has 5 heteroatoms. The topological polar surface area (TPSA) is 84.6 Å². The second-order valence-electron chi connectivity index (χ2n) is 4.70. The Labute approximate surface area is 120 Å². The van der Waals surface area contributed by atoms with Crippen LogP contribution in [-0.4, -0.2) is 31.2 Å². The van der Waals surface area contributed by atoms with Crippen LogP contribution in [0, 0.1) is 0 Å². The van der Waals surface area contributed by atoms with E-state index in [0.717, 1.165) is 24.8 Å². The van der Waals surface area contributed by atoms with Gasteiger partial charge in [-0.15, -0.1) is 0 Å². The fourth-order valence-corrected chi connectivity index (χ4v) is 1.97. The van der Waals surface area contributed by atoms with Gasteiger partial charge in [0, 0.05) is 12.1 Å². The molecule has 0 aliphatic heterocycles. The largest absolute Gasteiger partial charge is 0.496 e. The molecule has 0 aromatic heterocycles. The Morgan fingerprint density at radius 2 is 2.25 bits per heavy atom. The maximum atomic E-state index is 11.1. The molecule has 0 saturated heterocycles. The van der Waals surface area contributed by atoms with E-state index in [2.05, 4.69) is 12.2 Å². The van der Waals surface area contributed by atoms with Crippen LogP contribution in [0.4, 0.5) is 0 Å². The Balaban J connectivity index is 2.80. The van der Waals surface area contributed by atoms with Crippen molar-refractivity contribution in [2.45, 2.75) is 32.3 Å². The number of methoxy groups -OCH3 is 1. The van der Waals surface area contributed by atoms with Crippen LogP contribution in [0.25, 0.3) is 0 Å². The van der Waals surface area contributed by atoms with E-state index < -0.39 is 6.10 Å². The summed E-state index contributed by atoms with van der Waals surface area (Å²) in [6.45, 7) is 2.19. The van der Waals surface area contributed by atoms with Gasteiger partial charge in [0.1, 0.15) is 5.75 Å². The Bertz CT molecular complexity index is 435. The van der Waals surface area contributed by atoms with Gasteiger partial charge in [0.25, 0.3) is 0 Å². The Kier molecular flexibility index (Phi) is 7.04. The number of aliphatic hydroxyl groups excluding tert-OH is 1. The first-order chi connectivity index (χ1) is 9.62. The minimum atomic E-state index is -0.804. The molecule has 1 rings (SSSR count). The molecule has 0 aliphatic rings. The molecule has 5 nitrogen and oxygen atoms in total. The van der Waals surface area contributed by atoms with Crippen LogP contribution >= 0.6 is 0 Å². The SMILES string of the molecule is CCCCc1ccc(OC)c(C(O)CNC(=O)CN)c1. The summed E-state index contributed by atoms with van der Waals surface area (Å²) >= 11 is 0. The number of amides is 1. The van der Waals surface area contributed by atoms with Crippen molar-refractivity contribution in [3.63, 3.8) is 0 Å². The van der Waals surface area contributed by atoms with Crippen LogP contribution in [0.3, 0.4) is 0 Å². The van der Waals surface area contributed by atoms with Crippen LogP contribution in [0.5, 0.6) is 5.75 Å². The van der Waals surface area contributed by atoms with Crippen molar-refractivity contribution in [1.82, 2.24) is 5.32 Å². The molecule has 4 N–H and O–H groups in total. The smallest absolute Gasteiger partial charge is 0.233 e. The molecule has 0 fully saturated rings. The van der Waals surface area contributed by atoms with Gasteiger partial charge in [0.2, 0.25) is 5.91 Å². The van der Waals surface area contributed by atoms with E-state index in [-0.39, 0.29) is 19.0 Å². The molecule has 0 bridgehead atoms. The van der Waals surface area contributed by atoms with Gasteiger partial charge in [-0.3, -0.25) is 4.79 Å². The van der Waals surface area contributed by atoms with E-state index >= 15 is 0 Å². The minimum absolute atomic E-state index is 0.0829. The zero-order valence-electron chi connectivity index (χ0n) is 12.2. The molecule has 1 aromatic carbocycles. The normalized spacial score (nSPS) is 12.0. The number of benzene rings is 1. The number of unbranched alkanes of at least 4 members (excludes halogenated alkanes) is 1. The number of nitrogens with two attached hydrogens (primary N) is 1. The van der Waals surface area contributed by atoms with E-state index in [9.17, 15) is 9.90 Å². The number of nitrogens with one attached hydrogen (secondary N) is 1. The second-order valence-corrected chi connectivity index (χ2v) is 4.70. The fraction of sp³-hybridized carbons (Fsp3) is 0.533. The third-order valence-electron chi connectivity index (χ3n) is 3.15. The van der Waals surface area contributed by atoms with Crippen LogP contribution in [-0.2, 0) is 11.2 Å². The summed E-state index contributed by atoms with van der Waals surface area (Å²) in [5, 5.41) is 12.8. The van der Waals surface area contributed by atoms with Crippen LogP contribution in [0.2, 0.25) is 0 Å². The molecule has 0 heterocycles. The summed E-state index contributed by atoms with van der Waals surface area (Å²) in [5.74, 6) is 0.338. The van der Waals surface area contributed by atoms with Gasteiger partial charge in [-0.1, -0.05) is 19.4 Å². The third-order valence-corrected chi connectivity index (χ3v) is 3.15. The number of carbonyl (C=O) groups is 1. The fourth-order valence-electron chi connectivity index (χ4n) is 1.97. The average Bonchev–Trinajstić information content (AvgIpc) is 2.49. The van der Waals surface area contributed by atoms with E-state index in [1.54, 1.807) is 7.11 Å². The molecule has 0 saturated carbocycles. The van der Waals surface area contributed by atoms with Gasteiger partial charge >= 0.3 is 0 Å². The number of ether oxygens (including phenoxy) is 1. The lowest BCUT2D eigenvalue weighted by molar-refractivity contribution is -0.120. The minimum Gasteiger partial charge on any atom is -0.496 e. The second kappa shape index (κ2) is 8.55. The monoisotopic (exact) mass is 280 g/mol. The zero-order valence-corrected chi connectivity index (χ0v) is 12.2. The van der Waals surface area contributed by atoms with Gasteiger partial charge in [-0.25, -0.2) is 0 Å². The molecule has 1 amide bonds. The predicted molar refractivity (Wildman–Crippen MR) is 78.6 cm³/mol. The summed E-state index contributed by atoms with van der Waals surface area (Å²) in [6, 6.07) is 5.80. The Morgan fingerprint density at radius 3 is 2.85 bits per heavy atom. The lowest BCUT2D eigenvalue weighted by Gasteiger charge is -2.16. The summed E-state index contributed by atoms with van der Waals surface area (Å²) in [5.41, 5.74) is 7.07. The number of carbonyl (C=O) groups excluding carboxylic acids is 1. The quantitative estimate of drug-likeness (QED) is 0.667. The molecule has 1 unspecified atom stereocenters. The lowest BCUT2D eigenvalue weighted by atomic mass is 10.0. The third kappa shape index (κ3) is 4.83. The van der Waals surface area contributed by atoms with Gasteiger partial charge in [-0.05, 0) is 30.5 Å². The average molecular weight is 280 g/mol.